The summed E-state index contributed by atoms with van der Waals surface area (Å²) in [4.78, 5) is 0. The van der Waals surface area contributed by atoms with Crippen LogP contribution in [0, 0.1) is 0 Å². The van der Waals surface area contributed by atoms with Gasteiger partial charge in [-0.05, 0) is 6.42 Å². The van der Waals surface area contributed by atoms with Crippen LogP contribution in [-0.4, -0.2) is 11.7 Å². The number of hydrogen-bond acceptors (Lipinski definition) is 1. The maximum absolute atomic E-state index is 8.07. The maximum Gasteiger partial charge on any atom is 5.00 e. The molecule has 0 aliphatic rings. The molecule has 0 aromatic carbocycles. The van der Waals surface area contributed by atoms with Crippen LogP contribution in [0.3, 0.4) is 0 Å². The first kappa shape index (κ1) is 9.85. The molecule has 0 aliphatic carbocycles. The molecule has 0 fully saturated rings. The number of unbranched alkanes of at least 4 members (excludes halogenated alkanes) is 1. The van der Waals surface area contributed by atoms with Gasteiger partial charge in [-0.1, -0.05) is 13.3 Å². The number of rotatable bonds is 2. The van der Waals surface area contributed by atoms with Gasteiger partial charge in [0.2, 0.25) is 0 Å². The van der Waals surface area contributed by atoms with Gasteiger partial charge in [-0.15, -0.1) is 0 Å². The number of aliphatic hydroxyl groups is 1. The minimum Gasteiger partial charge on any atom is -0.396 e. The van der Waals surface area contributed by atoms with Crippen molar-refractivity contribution >= 4 is 0 Å². The van der Waals surface area contributed by atoms with Crippen LogP contribution in [0.5, 0.6) is 0 Å². The van der Waals surface area contributed by atoms with Crippen LogP contribution >= 0.6 is 0 Å². The zero-order valence-electron chi connectivity index (χ0n) is 4.02. The molecule has 1 nitrogen and oxygen atoms in total. The molecule has 6 heavy (non-hydrogen) atoms. The Balaban J connectivity index is 0. The molecule has 0 radical (unpaired) electrons. The van der Waals surface area contributed by atoms with E-state index in [4.69, 9.17) is 5.11 Å². The fraction of sp³-hybridized carbons (Fsp3) is 1.00. The van der Waals surface area contributed by atoms with Crippen molar-refractivity contribution in [3.63, 3.8) is 0 Å². The second-order valence-corrected chi connectivity index (χ2v) is 1.08. The molecule has 2 heteroatoms. The summed E-state index contributed by atoms with van der Waals surface area (Å²) in [5, 5.41) is 8.07. The summed E-state index contributed by atoms with van der Waals surface area (Å²) in [6, 6.07) is 0. The molecule has 0 aromatic rings. The van der Waals surface area contributed by atoms with Crippen LogP contribution in [0.4, 0.5) is 0 Å². The van der Waals surface area contributed by atoms with E-state index in [2.05, 4.69) is 6.92 Å². The Morgan fingerprint density at radius 2 is 2.00 bits per heavy atom. The second kappa shape index (κ2) is 9.20. The van der Waals surface area contributed by atoms with Crippen LogP contribution in [0.1, 0.15) is 19.8 Å². The van der Waals surface area contributed by atoms with Gasteiger partial charge in [0.1, 0.15) is 0 Å². The molecule has 0 heterocycles. The van der Waals surface area contributed by atoms with Gasteiger partial charge >= 0.3 is 22.4 Å². The summed E-state index contributed by atoms with van der Waals surface area (Å²) in [6.07, 6.45) is 2.04. The minimum absolute atomic E-state index is 0. The van der Waals surface area contributed by atoms with Gasteiger partial charge in [0, 0.05) is 6.61 Å². The molecular weight excluding hydrogens is 157 g/mol. The van der Waals surface area contributed by atoms with E-state index in [0.29, 0.717) is 6.61 Å². The van der Waals surface area contributed by atoms with E-state index < -0.39 is 0 Å². The largest absolute Gasteiger partial charge is 5.00 e. The maximum atomic E-state index is 8.07. The van der Waals surface area contributed by atoms with E-state index in [1.165, 1.54) is 0 Å². The molecular formula is C4H10NbO+5. The van der Waals surface area contributed by atoms with Crippen molar-refractivity contribution in [3.05, 3.63) is 0 Å². The van der Waals surface area contributed by atoms with Crippen LogP contribution in [0.2, 0.25) is 0 Å². The molecule has 0 saturated carbocycles. The number of hydrogen-bond donors (Lipinski definition) is 1. The van der Waals surface area contributed by atoms with Crippen molar-refractivity contribution in [3.8, 4) is 0 Å². The van der Waals surface area contributed by atoms with Gasteiger partial charge in [-0.25, -0.2) is 0 Å². The fourth-order valence-electron chi connectivity index (χ4n) is 0.158. The number of aliphatic hydroxyl groups excluding tert-OH is 1. The van der Waals surface area contributed by atoms with Gasteiger partial charge in [0.15, 0.2) is 0 Å². The Bertz CT molecular complexity index is 15.0. The summed E-state index contributed by atoms with van der Waals surface area (Å²) in [7, 11) is 0. The first-order chi connectivity index (χ1) is 2.41. The van der Waals surface area contributed by atoms with Crippen molar-refractivity contribution in [2.45, 2.75) is 19.8 Å². The Hall–Kier alpha value is 0.700. The third-order valence-electron chi connectivity index (χ3n) is 0.512. The fourth-order valence-corrected chi connectivity index (χ4v) is 0.158. The SMILES string of the molecule is CCCCO.[Nb+5]. The van der Waals surface area contributed by atoms with Crippen LogP contribution < -0.4 is 0 Å². The van der Waals surface area contributed by atoms with E-state index in [9.17, 15) is 0 Å². The smallest absolute Gasteiger partial charge is 0.396 e. The normalized spacial score (nSPS) is 7.00. The van der Waals surface area contributed by atoms with E-state index in [0.717, 1.165) is 12.8 Å². The van der Waals surface area contributed by atoms with Gasteiger partial charge in [0.05, 0.1) is 0 Å². The summed E-state index contributed by atoms with van der Waals surface area (Å²) >= 11 is 0. The quantitative estimate of drug-likeness (QED) is 0.602. The average molecular weight is 167 g/mol. The predicted molar refractivity (Wildman–Crippen MR) is 22.0 cm³/mol. The minimum atomic E-state index is 0. The Kier molecular flexibility index (Phi) is 15.1. The monoisotopic (exact) mass is 167 g/mol. The summed E-state index contributed by atoms with van der Waals surface area (Å²) in [5.41, 5.74) is 0. The Labute approximate surface area is 54.3 Å². The zero-order valence-corrected chi connectivity index (χ0v) is 6.21. The van der Waals surface area contributed by atoms with Gasteiger partial charge < -0.3 is 5.11 Å². The zero-order chi connectivity index (χ0) is 4.12. The van der Waals surface area contributed by atoms with Crippen molar-refractivity contribution in [2.24, 2.45) is 0 Å². The third kappa shape index (κ3) is 8.83. The predicted octanol–water partition coefficient (Wildman–Crippen LogP) is 0.776. The van der Waals surface area contributed by atoms with E-state index in [1.54, 1.807) is 0 Å². The molecule has 0 unspecified atom stereocenters. The molecule has 0 spiro atoms. The molecule has 0 amide bonds. The van der Waals surface area contributed by atoms with Crippen molar-refractivity contribution < 1.29 is 27.5 Å². The Morgan fingerprint density at radius 1 is 1.50 bits per heavy atom. The average Bonchev–Trinajstić information content (AvgIpc) is 1.41. The standard InChI is InChI=1S/C4H10O.Nb/c1-2-3-4-5;/h5H,2-4H2,1H3;/q;+5. The summed E-state index contributed by atoms with van der Waals surface area (Å²) in [5.74, 6) is 0. The van der Waals surface area contributed by atoms with E-state index in [1.807, 2.05) is 0 Å². The molecule has 0 aliphatic heterocycles. The molecule has 32 valence electrons. The molecule has 1 N–H and O–H groups in total. The van der Waals surface area contributed by atoms with Crippen molar-refractivity contribution in [1.29, 1.82) is 0 Å². The van der Waals surface area contributed by atoms with E-state index in [-0.39, 0.29) is 22.4 Å². The van der Waals surface area contributed by atoms with Crippen LogP contribution in [0.25, 0.3) is 0 Å². The topological polar surface area (TPSA) is 20.2 Å². The Morgan fingerprint density at radius 3 is 2.00 bits per heavy atom. The first-order valence-electron chi connectivity index (χ1n) is 2.02. The van der Waals surface area contributed by atoms with Crippen LogP contribution in [-0.2, 0) is 22.4 Å². The second-order valence-electron chi connectivity index (χ2n) is 1.08. The molecule has 0 bridgehead atoms. The molecule has 0 atom stereocenters. The molecule has 0 aromatic heterocycles. The van der Waals surface area contributed by atoms with Gasteiger partial charge in [0.25, 0.3) is 0 Å². The van der Waals surface area contributed by atoms with Gasteiger partial charge in [-0.2, -0.15) is 0 Å². The van der Waals surface area contributed by atoms with E-state index >= 15 is 0 Å². The molecule has 0 saturated heterocycles. The van der Waals surface area contributed by atoms with Crippen molar-refractivity contribution in [2.75, 3.05) is 6.61 Å². The summed E-state index contributed by atoms with van der Waals surface area (Å²) in [6.45, 7) is 2.40. The molecule has 0 rings (SSSR count). The van der Waals surface area contributed by atoms with Crippen LogP contribution in [0.15, 0.2) is 0 Å². The van der Waals surface area contributed by atoms with Crippen molar-refractivity contribution in [1.82, 2.24) is 0 Å². The van der Waals surface area contributed by atoms with Gasteiger partial charge in [-0.3, -0.25) is 0 Å². The third-order valence-corrected chi connectivity index (χ3v) is 0.512. The first-order valence-corrected chi connectivity index (χ1v) is 2.02. The summed E-state index contributed by atoms with van der Waals surface area (Å²) < 4.78 is 0.